The Kier molecular flexibility index (Phi) is 7.70. The second kappa shape index (κ2) is 11.3. The van der Waals surface area contributed by atoms with E-state index in [9.17, 15) is 4.79 Å². The molecule has 1 spiro atoms. The molecule has 216 valence electrons. The van der Waals surface area contributed by atoms with Crippen LogP contribution in [0.25, 0.3) is 22.2 Å². The number of benzene rings is 1. The fraction of sp³-hybridized carbons (Fsp3) is 0.467. The Morgan fingerprint density at radius 1 is 1.15 bits per heavy atom. The van der Waals surface area contributed by atoms with Crippen molar-refractivity contribution >= 4 is 51.7 Å². The van der Waals surface area contributed by atoms with Crippen molar-refractivity contribution in [3.05, 3.63) is 41.0 Å². The van der Waals surface area contributed by atoms with Crippen LogP contribution in [0.3, 0.4) is 0 Å². The molecule has 2 atom stereocenters. The van der Waals surface area contributed by atoms with Crippen molar-refractivity contribution in [1.82, 2.24) is 15.0 Å². The first-order valence-corrected chi connectivity index (χ1v) is 14.6. The monoisotopic (exact) mass is 597 g/mol. The first kappa shape index (κ1) is 28.0. The van der Waals surface area contributed by atoms with Crippen molar-refractivity contribution in [2.75, 3.05) is 50.7 Å². The third kappa shape index (κ3) is 5.19. The van der Waals surface area contributed by atoms with Gasteiger partial charge >= 0.3 is 0 Å². The summed E-state index contributed by atoms with van der Waals surface area (Å²) in [6, 6.07) is 3.47. The fourth-order valence-electron chi connectivity index (χ4n) is 6.37. The van der Waals surface area contributed by atoms with Gasteiger partial charge in [0.1, 0.15) is 17.0 Å². The number of allylic oxidation sites excluding steroid dienone is 1. The summed E-state index contributed by atoms with van der Waals surface area (Å²) >= 11 is 13.6. The van der Waals surface area contributed by atoms with E-state index in [0.29, 0.717) is 63.8 Å². The van der Waals surface area contributed by atoms with Crippen LogP contribution < -0.4 is 19.7 Å². The number of pyridine rings is 1. The Hall–Kier alpha value is -3.14. The molecule has 9 nitrogen and oxygen atoms in total. The zero-order valence-corrected chi connectivity index (χ0v) is 24.7. The van der Waals surface area contributed by atoms with Crippen LogP contribution in [0, 0.1) is 11.3 Å². The van der Waals surface area contributed by atoms with E-state index in [-0.39, 0.29) is 17.7 Å². The standard InChI is InChI=1S/C30H33Cl2N5O4/c1-4-19(38)9-18-13-41-14-21(18)35-29-33-12-17-10-20(24-25(31)22(39-2)11-23(40-3)26(24)32)34-28(27(17)36-29)37-15-30(16-37)7-5-6-8-30/h4,10-12,18,21H,1,5-9,13-16H2,2-3H3,(H,33,35,36)/t18-,21+/m0/s1. The molecule has 2 saturated heterocycles. The maximum Gasteiger partial charge on any atom is 0.223 e. The number of carbonyl (C=O) groups excluding carboxylic acids is 1. The molecule has 6 rings (SSSR count). The summed E-state index contributed by atoms with van der Waals surface area (Å²) in [5, 5.41) is 4.91. The predicted molar refractivity (Wildman–Crippen MR) is 161 cm³/mol. The lowest BCUT2D eigenvalue weighted by molar-refractivity contribution is -0.115. The zero-order chi connectivity index (χ0) is 28.7. The van der Waals surface area contributed by atoms with Crippen LogP contribution >= 0.6 is 23.2 Å². The largest absolute Gasteiger partial charge is 0.495 e. The normalized spacial score (nSPS) is 21.2. The number of carbonyl (C=O) groups is 1. The molecule has 4 heterocycles. The number of methoxy groups -OCH3 is 2. The Morgan fingerprint density at radius 2 is 1.85 bits per heavy atom. The number of nitrogens with one attached hydrogen (secondary N) is 1. The van der Waals surface area contributed by atoms with Gasteiger partial charge < -0.3 is 24.4 Å². The molecule has 1 N–H and O–H groups in total. The van der Waals surface area contributed by atoms with Gasteiger partial charge in [-0.15, -0.1) is 0 Å². The highest BCUT2D eigenvalue weighted by Gasteiger charge is 2.46. The molecule has 0 bridgehead atoms. The topological polar surface area (TPSA) is 98.7 Å². The summed E-state index contributed by atoms with van der Waals surface area (Å²) in [5.74, 6) is 2.13. The van der Waals surface area contributed by atoms with Gasteiger partial charge in [0.05, 0.1) is 49.2 Å². The number of fused-ring (bicyclic) bond motifs is 1. The van der Waals surface area contributed by atoms with E-state index in [1.807, 2.05) is 6.07 Å². The molecule has 41 heavy (non-hydrogen) atoms. The quantitative estimate of drug-likeness (QED) is 0.299. The zero-order valence-electron chi connectivity index (χ0n) is 23.2. The third-order valence-corrected chi connectivity index (χ3v) is 9.35. The van der Waals surface area contributed by atoms with Crippen LogP contribution in [-0.4, -0.2) is 67.3 Å². The number of hydrogen-bond acceptors (Lipinski definition) is 9. The van der Waals surface area contributed by atoms with Crippen LogP contribution in [0.15, 0.2) is 31.0 Å². The highest BCUT2D eigenvalue weighted by Crippen LogP contribution is 2.49. The van der Waals surface area contributed by atoms with Crippen LogP contribution in [0.5, 0.6) is 11.5 Å². The Bertz CT molecular complexity index is 1470. The van der Waals surface area contributed by atoms with E-state index < -0.39 is 0 Å². The number of anilines is 2. The predicted octanol–water partition coefficient (Wildman–Crippen LogP) is 5.97. The molecule has 1 saturated carbocycles. The number of ether oxygens (including phenoxy) is 3. The highest BCUT2D eigenvalue weighted by atomic mass is 35.5. The average Bonchev–Trinajstić information content (AvgIpc) is 3.62. The number of nitrogens with zero attached hydrogens (tertiary/aromatic N) is 4. The second-order valence-electron chi connectivity index (χ2n) is 11.2. The molecule has 3 aliphatic rings. The van der Waals surface area contributed by atoms with Gasteiger partial charge in [-0.05, 0) is 25.0 Å². The lowest BCUT2D eigenvalue weighted by atomic mass is 9.78. The lowest BCUT2D eigenvalue weighted by Gasteiger charge is -2.49. The number of halogens is 2. The third-order valence-electron chi connectivity index (χ3n) is 8.60. The van der Waals surface area contributed by atoms with E-state index in [0.717, 1.165) is 29.8 Å². The second-order valence-corrected chi connectivity index (χ2v) is 12.0. The van der Waals surface area contributed by atoms with Crippen LogP contribution in [0.1, 0.15) is 32.1 Å². The van der Waals surface area contributed by atoms with Gasteiger partial charge in [0.2, 0.25) is 5.95 Å². The molecule has 0 amide bonds. The first-order chi connectivity index (χ1) is 19.8. The van der Waals surface area contributed by atoms with E-state index in [1.165, 1.54) is 31.8 Å². The summed E-state index contributed by atoms with van der Waals surface area (Å²) in [4.78, 5) is 29.0. The van der Waals surface area contributed by atoms with Crippen LogP contribution in [0.4, 0.5) is 11.8 Å². The van der Waals surface area contributed by atoms with Crippen molar-refractivity contribution in [2.24, 2.45) is 11.3 Å². The Balaban J connectivity index is 1.41. The van der Waals surface area contributed by atoms with Crippen molar-refractivity contribution in [2.45, 2.75) is 38.1 Å². The average molecular weight is 599 g/mol. The fourth-order valence-corrected chi connectivity index (χ4v) is 7.07. The molecule has 3 fully saturated rings. The summed E-state index contributed by atoms with van der Waals surface area (Å²) < 4.78 is 16.7. The first-order valence-electron chi connectivity index (χ1n) is 13.9. The van der Waals surface area contributed by atoms with E-state index in [1.54, 1.807) is 26.5 Å². The minimum Gasteiger partial charge on any atom is -0.495 e. The number of rotatable bonds is 9. The molecule has 2 aliphatic heterocycles. The molecule has 0 radical (unpaired) electrons. The highest BCUT2D eigenvalue weighted by molar-refractivity contribution is 6.41. The van der Waals surface area contributed by atoms with Crippen LogP contribution in [-0.2, 0) is 9.53 Å². The van der Waals surface area contributed by atoms with Gasteiger partial charge in [0, 0.05) is 54.1 Å². The van der Waals surface area contributed by atoms with Gasteiger partial charge in [0.15, 0.2) is 11.6 Å². The van der Waals surface area contributed by atoms with E-state index >= 15 is 0 Å². The molecule has 2 aromatic heterocycles. The number of aromatic nitrogens is 3. The summed E-state index contributed by atoms with van der Waals surface area (Å²) in [5.41, 5.74) is 2.20. The lowest BCUT2D eigenvalue weighted by Crippen LogP contribution is -2.55. The number of ketones is 1. The number of hydrogen-bond donors (Lipinski definition) is 1. The van der Waals surface area contributed by atoms with Crippen molar-refractivity contribution in [3.8, 4) is 22.8 Å². The molecule has 1 aliphatic carbocycles. The molecule has 11 heteroatoms. The Labute approximate surface area is 249 Å². The Morgan fingerprint density at radius 3 is 2.51 bits per heavy atom. The van der Waals surface area contributed by atoms with Gasteiger partial charge in [-0.1, -0.05) is 42.6 Å². The van der Waals surface area contributed by atoms with Crippen molar-refractivity contribution < 1.29 is 19.0 Å². The summed E-state index contributed by atoms with van der Waals surface area (Å²) in [7, 11) is 3.10. The maximum absolute atomic E-state index is 12.0. The van der Waals surface area contributed by atoms with Gasteiger partial charge in [-0.2, -0.15) is 0 Å². The molecule has 1 aromatic carbocycles. The molecular weight excluding hydrogens is 565 g/mol. The molecule has 3 aromatic rings. The van der Waals surface area contributed by atoms with Crippen molar-refractivity contribution in [1.29, 1.82) is 0 Å². The van der Waals surface area contributed by atoms with E-state index in [4.69, 9.17) is 47.4 Å². The van der Waals surface area contributed by atoms with E-state index in [2.05, 4.69) is 21.8 Å². The van der Waals surface area contributed by atoms with Gasteiger partial charge in [-0.3, -0.25) is 4.79 Å². The summed E-state index contributed by atoms with van der Waals surface area (Å²) in [6.45, 7) is 6.43. The van der Waals surface area contributed by atoms with Crippen molar-refractivity contribution in [3.63, 3.8) is 0 Å². The van der Waals surface area contributed by atoms with Gasteiger partial charge in [-0.25, -0.2) is 15.0 Å². The van der Waals surface area contributed by atoms with Gasteiger partial charge in [0.25, 0.3) is 0 Å². The minimum absolute atomic E-state index is 0.00383. The SMILES string of the molecule is C=CC(=O)C[C@H]1COC[C@H]1Nc1ncc2cc(-c3c(Cl)c(OC)cc(OC)c3Cl)nc(N3CC4(CCCC4)C3)c2n1. The smallest absolute Gasteiger partial charge is 0.223 e. The molecular formula is C30H33Cl2N5O4. The maximum atomic E-state index is 12.0. The van der Waals surface area contributed by atoms with Crippen LogP contribution in [0.2, 0.25) is 10.0 Å². The minimum atomic E-state index is -0.0836. The molecule has 0 unspecified atom stereocenters. The summed E-state index contributed by atoms with van der Waals surface area (Å²) in [6.07, 6.45) is 8.52.